The van der Waals surface area contributed by atoms with E-state index in [1.54, 1.807) is 18.3 Å². The van der Waals surface area contributed by atoms with Gasteiger partial charge in [-0.2, -0.15) is 10.5 Å². The van der Waals surface area contributed by atoms with Gasteiger partial charge < -0.3 is 15.3 Å². The quantitative estimate of drug-likeness (QED) is 0.311. The van der Waals surface area contributed by atoms with Crippen molar-refractivity contribution in [2.24, 2.45) is 5.92 Å². The number of aromatic amines is 2. The molecule has 3 aromatic heterocycles. The summed E-state index contributed by atoms with van der Waals surface area (Å²) in [6.45, 7) is 4.00. The number of H-pyrrole nitrogens is 2. The van der Waals surface area contributed by atoms with Gasteiger partial charge in [-0.1, -0.05) is 45.2 Å². The van der Waals surface area contributed by atoms with Crippen LogP contribution in [0.5, 0.6) is 0 Å². The second-order valence-electron chi connectivity index (χ2n) is 8.57. The van der Waals surface area contributed by atoms with Crippen molar-refractivity contribution < 1.29 is 4.79 Å². The number of fused-ring (bicyclic) bond motifs is 3. The average molecular weight is 484 g/mol. The maximum atomic E-state index is 12.2. The first-order chi connectivity index (χ1) is 17.7. The Balaban J connectivity index is 0.000000276. The minimum Gasteiger partial charge on any atom is -0.346 e. The van der Waals surface area contributed by atoms with E-state index in [0.717, 1.165) is 40.0 Å². The molecule has 5 rings (SSSR count). The van der Waals surface area contributed by atoms with Crippen LogP contribution >= 0.6 is 0 Å². The number of benzene rings is 1. The Kier molecular flexibility index (Phi) is 10.0. The number of carbonyl (C=O) groups is 1. The van der Waals surface area contributed by atoms with Crippen LogP contribution in [0.2, 0.25) is 0 Å². The van der Waals surface area contributed by atoms with Gasteiger partial charge in [-0.25, -0.2) is 9.97 Å². The molecule has 0 aliphatic heterocycles. The number of imidazole rings is 1. The molecule has 8 nitrogen and oxygen atoms in total. The predicted octanol–water partition coefficient (Wildman–Crippen LogP) is 6.19. The van der Waals surface area contributed by atoms with Crippen LogP contribution in [0.25, 0.3) is 22.1 Å². The number of nitriles is 2. The number of nitrogens with one attached hydrogen (secondary N) is 3. The van der Waals surface area contributed by atoms with Gasteiger partial charge in [0.1, 0.15) is 17.0 Å². The summed E-state index contributed by atoms with van der Waals surface area (Å²) in [6, 6.07) is 13.5. The number of amides is 1. The highest BCUT2D eigenvalue weighted by molar-refractivity contribution is 6.01. The third-order valence-corrected chi connectivity index (χ3v) is 6.04. The van der Waals surface area contributed by atoms with Gasteiger partial charge in [0.05, 0.1) is 36.7 Å². The van der Waals surface area contributed by atoms with Gasteiger partial charge >= 0.3 is 0 Å². The SMILES string of the molecule is CC.N#CCC1CCCCC1.N#CCc1ccc(NC(=O)Cc2nc3c(cnc4[nH]ccc43)[nH]2)cc1. The summed E-state index contributed by atoms with van der Waals surface area (Å²) in [5.41, 5.74) is 3.98. The molecular formula is C28H33N7O. The van der Waals surface area contributed by atoms with Crippen LogP contribution in [0.15, 0.2) is 42.7 Å². The maximum absolute atomic E-state index is 12.2. The summed E-state index contributed by atoms with van der Waals surface area (Å²) in [5.74, 6) is 1.17. The smallest absolute Gasteiger partial charge is 0.231 e. The third-order valence-electron chi connectivity index (χ3n) is 6.04. The summed E-state index contributed by atoms with van der Waals surface area (Å²) in [4.78, 5) is 27.2. The van der Waals surface area contributed by atoms with Crippen LogP contribution in [-0.2, 0) is 17.6 Å². The standard InChI is InChI=1S/C18H14N6O.C8H13N.C2H6/c19-7-5-11-1-3-12(4-2-11)22-16(25)9-15-23-14-10-21-18-13(6-8-20-18)17(14)24-15;9-7-6-8-4-2-1-3-5-8;1-2/h1-4,6,8,10H,5,9H2,(H,20,21)(H,22,25)(H,23,24);8H,1-6H2;1-2H3. The lowest BCUT2D eigenvalue weighted by Gasteiger charge is -2.17. The van der Waals surface area contributed by atoms with E-state index >= 15 is 0 Å². The van der Waals surface area contributed by atoms with Crippen molar-refractivity contribution in [3.8, 4) is 12.1 Å². The van der Waals surface area contributed by atoms with Crippen molar-refractivity contribution in [1.29, 1.82) is 10.5 Å². The summed E-state index contributed by atoms with van der Waals surface area (Å²) in [6.07, 6.45) is 11.5. The van der Waals surface area contributed by atoms with E-state index in [9.17, 15) is 4.79 Å². The van der Waals surface area contributed by atoms with Crippen LogP contribution in [-0.4, -0.2) is 25.8 Å². The highest BCUT2D eigenvalue weighted by atomic mass is 16.1. The molecule has 0 spiro atoms. The van der Waals surface area contributed by atoms with Crippen LogP contribution in [0, 0.1) is 28.6 Å². The van der Waals surface area contributed by atoms with Crippen molar-refractivity contribution in [2.45, 2.75) is 65.2 Å². The molecule has 8 heteroatoms. The van der Waals surface area contributed by atoms with E-state index in [-0.39, 0.29) is 12.3 Å². The van der Waals surface area contributed by atoms with Crippen LogP contribution in [0.3, 0.4) is 0 Å². The van der Waals surface area contributed by atoms with Gasteiger partial charge in [0.2, 0.25) is 5.91 Å². The normalized spacial score (nSPS) is 13.0. The monoisotopic (exact) mass is 483 g/mol. The Morgan fingerprint density at radius 3 is 2.53 bits per heavy atom. The fraction of sp³-hybridized carbons (Fsp3) is 0.393. The second kappa shape index (κ2) is 13.7. The van der Waals surface area contributed by atoms with Crippen molar-refractivity contribution in [3.05, 3.63) is 54.1 Å². The van der Waals surface area contributed by atoms with Crippen molar-refractivity contribution in [3.63, 3.8) is 0 Å². The van der Waals surface area contributed by atoms with Gasteiger partial charge in [-0.15, -0.1) is 0 Å². The summed E-state index contributed by atoms with van der Waals surface area (Å²) >= 11 is 0. The van der Waals surface area contributed by atoms with Crippen molar-refractivity contribution >= 4 is 33.7 Å². The molecule has 0 saturated heterocycles. The molecule has 1 fully saturated rings. The number of hydrogen-bond acceptors (Lipinski definition) is 5. The minimum absolute atomic E-state index is 0.139. The van der Waals surface area contributed by atoms with E-state index < -0.39 is 0 Å². The molecule has 186 valence electrons. The fourth-order valence-electron chi connectivity index (χ4n) is 4.28. The molecule has 1 aromatic carbocycles. The van der Waals surface area contributed by atoms with Crippen LogP contribution < -0.4 is 5.32 Å². The molecular weight excluding hydrogens is 450 g/mol. The molecule has 0 bridgehead atoms. The van der Waals surface area contributed by atoms with Crippen molar-refractivity contribution in [2.75, 3.05) is 5.32 Å². The minimum atomic E-state index is -0.162. The maximum Gasteiger partial charge on any atom is 0.231 e. The van der Waals surface area contributed by atoms with Crippen LogP contribution in [0.4, 0.5) is 5.69 Å². The Morgan fingerprint density at radius 2 is 1.83 bits per heavy atom. The van der Waals surface area contributed by atoms with Gasteiger partial charge in [-0.05, 0) is 42.5 Å². The molecule has 0 atom stereocenters. The van der Waals surface area contributed by atoms with Gasteiger partial charge in [0, 0.05) is 23.7 Å². The first kappa shape index (κ1) is 26.4. The molecule has 3 heterocycles. The van der Waals surface area contributed by atoms with Crippen molar-refractivity contribution in [1.82, 2.24) is 19.9 Å². The number of hydrogen-bond donors (Lipinski definition) is 3. The largest absolute Gasteiger partial charge is 0.346 e. The molecule has 36 heavy (non-hydrogen) atoms. The predicted molar refractivity (Wildman–Crippen MR) is 142 cm³/mol. The molecule has 3 N–H and O–H groups in total. The summed E-state index contributed by atoms with van der Waals surface area (Å²) in [7, 11) is 0. The summed E-state index contributed by atoms with van der Waals surface area (Å²) < 4.78 is 0. The molecule has 1 aliphatic carbocycles. The zero-order valence-electron chi connectivity index (χ0n) is 21.0. The Bertz CT molecular complexity index is 1330. The van der Waals surface area contributed by atoms with Gasteiger partial charge in [0.15, 0.2) is 0 Å². The highest BCUT2D eigenvalue weighted by Crippen LogP contribution is 2.25. The molecule has 1 saturated carbocycles. The molecule has 1 amide bonds. The van der Waals surface area contributed by atoms with E-state index in [2.05, 4.69) is 37.4 Å². The Labute approximate surface area is 211 Å². The van der Waals surface area contributed by atoms with Gasteiger partial charge in [-0.3, -0.25) is 4.79 Å². The molecule has 0 unspecified atom stereocenters. The first-order valence-electron chi connectivity index (χ1n) is 12.6. The van der Waals surface area contributed by atoms with E-state index in [1.165, 1.54) is 32.1 Å². The topological polar surface area (TPSA) is 134 Å². The zero-order chi connectivity index (χ0) is 25.8. The van der Waals surface area contributed by atoms with Crippen LogP contribution in [0.1, 0.15) is 63.8 Å². The lowest BCUT2D eigenvalue weighted by Crippen LogP contribution is -2.15. The number of rotatable bonds is 5. The summed E-state index contributed by atoms with van der Waals surface area (Å²) in [5, 5.41) is 20.8. The number of aromatic nitrogens is 4. The number of carbonyl (C=O) groups excluding carboxylic acids is 1. The number of pyridine rings is 1. The zero-order valence-corrected chi connectivity index (χ0v) is 21.0. The second-order valence-corrected chi connectivity index (χ2v) is 8.57. The fourth-order valence-corrected chi connectivity index (χ4v) is 4.28. The van der Waals surface area contributed by atoms with Gasteiger partial charge in [0.25, 0.3) is 0 Å². The number of anilines is 1. The Morgan fingerprint density at radius 1 is 1.08 bits per heavy atom. The van der Waals surface area contributed by atoms with E-state index in [1.807, 2.05) is 38.2 Å². The molecule has 1 aliphatic rings. The average Bonchev–Trinajstić information content (AvgIpc) is 3.54. The first-order valence-corrected chi connectivity index (χ1v) is 12.6. The lowest BCUT2D eigenvalue weighted by molar-refractivity contribution is -0.115. The van der Waals surface area contributed by atoms with E-state index in [4.69, 9.17) is 10.5 Å². The number of nitrogens with zero attached hydrogens (tertiary/aromatic N) is 4. The van der Waals surface area contributed by atoms with E-state index in [0.29, 0.717) is 17.9 Å². The third kappa shape index (κ3) is 7.16. The highest BCUT2D eigenvalue weighted by Gasteiger charge is 2.12. The molecule has 0 radical (unpaired) electrons. The molecule has 4 aromatic rings. The lowest BCUT2D eigenvalue weighted by atomic mass is 9.87. The Hall–Kier alpha value is -4.17.